The second-order valence-corrected chi connectivity index (χ2v) is 9.20. The van der Waals surface area contributed by atoms with Crippen molar-refractivity contribution in [2.45, 2.75) is 31.3 Å². The van der Waals surface area contributed by atoms with Gasteiger partial charge in [-0.1, -0.05) is 0 Å². The van der Waals surface area contributed by atoms with Crippen molar-refractivity contribution in [3.8, 4) is 6.07 Å². The van der Waals surface area contributed by atoms with Crippen LogP contribution in [0.2, 0.25) is 0 Å². The van der Waals surface area contributed by atoms with Crippen LogP contribution in [0.1, 0.15) is 45.9 Å². The molecular formula is C25H27N7O5. The third-order valence-corrected chi connectivity index (χ3v) is 6.95. The zero-order valence-electron chi connectivity index (χ0n) is 20.4. The molecule has 6 rings (SSSR count). The Morgan fingerprint density at radius 3 is 2.95 bits per heavy atom. The van der Waals surface area contributed by atoms with Crippen LogP contribution < -0.4 is 15.5 Å². The van der Waals surface area contributed by atoms with Crippen molar-refractivity contribution in [2.24, 2.45) is 0 Å². The number of pyridine rings is 2. The van der Waals surface area contributed by atoms with E-state index < -0.39 is 6.03 Å². The summed E-state index contributed by atoms with van der Waals surface area (Å²) in [6.45, 7) is 2.14. The van der Waals surface area contributed by atoms with Crippen LogP contribution >= 0.6 is 0 Å². The largest absolute Gasteiger partial charge is 0.383 e. The Labute approximate surface area is 213 Å². The lowest BCUT2D eigenvalue weighted by atomic mass is 9.71. The van der Waals surface area contributed by atoms with Gasteiger partial charge < -0.3 is 19.7 Å². The van der Waals surface area contributed by atoms with E-state index in [0.29, 0.717) is 55.2 Å². The molecule has 2 N–H and O–H groups in total. The maximum Gasteiger partial charge on any atom is 0.328 e. The van der Waals surface area contributed by atoms with Gasteiger partial charge in [0, 0.05) is 50.6 Å². The molecule has 0 radical (unpaired) electrons. The number of aromatic nitrogens is 2. The van der Waals surface area contributed by atoms with Gasteiger partial charge in [0.25, 0.3) is 0 Å². The third-order valence-electron chi connectivity index (χ3n) is 6.95. The zero-order chi connectivity index (χ0) is 25.9. The van der Waals surface area contributed by atoms with Crippen LogP contribution in [0, 0.1) is 11.3 Å². The minimum absolute atomic E-state index is 0.0278. The van der Waals surface area contributed by atoms with Crippen LogP contribution in [0.15, 0.2) is 18.3 Å². The predicted octanol–water partition coefficient (Wildman–Crippen LogP) is 1.88. The van der Waals surface area contributed by atoms with E-state index in [0.717, 1.165) is 18.4 Å². The summed E-state index contributed by atoms with van der Waals surface area (Å²) in [5.74, 6) is 0.860. The van der Waals surface area contributed by atoms with E-state index in [1.807, 2.05) is 6.07 Å². The number of carbonyl (C=O) groups is 3. The number of nitriles is 1. The SMILES string of the molecule is COCCNc1cc(NC(=O)N2c3nc(C=O)c(CN4CCOCC4=O)cc3C3CC2C3)ncc1C#N. The standard InChI is InChI=1S/C25H27N7O5/c1-36-4-2-27-20-9-22(28-11-17(20)10-26)30-25(35)32-18-6-15(7-18)19-8-16(21(13-33)29-24(19)32)12-31-3-5-37-14-23(31)34/h8-9,11,13,15,18H,2-7,12,14H2,1H3,(H2,27,28,30,35). The van der Waals surface area contributed by atoms with E-state index in [1.165, 1.54) is 6.20 Å². The first-order chi connectivity index (χ1) is 18.0. The number of morpholine rings is 1. The van der Waals surface area contributed by atoms with E-state index in [2.05, 4.69) is 26.7 Å². The molecule has 2 bridgehead atoms. The Bertz CT molecular complexity index is 1270. The lowest BCUT2D eigenvalue weighted by Crippen LogP contribution is -2.54. The molecule has 2 aromatic heterocycles. The molecule has 12 nitrogen and oxygen atoms in total. The molecule has 0 unspecified atom stereocenters. The number of hydrogen-bond acceptors (Lipinski definition) is 9. The summed E-state index contributed by atoms with van der Waals surface area (Å²) in [5.41, 5.74) is 2.65. The van der Waals surface area contributed by atoms with Crippen LogP contribution in [-0.2, 0) is 20.8 Å². The number of ether oxygens (including phenoxy) is 2. The zero-order valence-corrected chi connectivity index (χ0v) is 20.4. The number of hydrogen-bond donors (Lipinski definition) is 2. The van der Waals surface area contributed by atoms with Crippen LogP contribution in [0.5, 0.6) is 0 Å². The number of methoxy groups -OCH3 is 1. The topological polar surface area (TPSA) is 150 Å². The van der Waals surface area contributed by atoms with Crippen molar-refractivity contribution in [3.63, 3.8) is 0 Å². The first-order valence-electron chi connectivity index (χ1n) is 12.1. The molecule has 12 heteroatoms. The summed E-state index contributed by atoms with van der Waals surface area (Å²) in [5, 5.41) is 15.3. The Balaban J connectivity index is 1.39. The molecule has 37 heavy (non-hydrogen) atoms. The van der Waals surface area contributed by atoms with Crippen molar-refractivity contribution in [2.75, 3.05) is 55.6 Å². The highest BCUT2D eigenvalue weighted by Crippen LogP contribution is 2.50. The molecule has 0 atom stereocenters. The highest BCUT2D eigenvalue weighted by atomic mass is 16.5. The van der Waals surface area contributed by atoms with Gasteiger partial charge in [0.15, 0.2) is 6.29 Å². The Morgan fingerprint density at radius 1 is 1.38 bits per heavy atom. The second-order valence-electron chi connectivity index (χ2n) is 9.20. The first-order valence-corrected chi connectivity index (χ1v) is 12.1. The van der Waals surface area contributed by atoms with Gasteiger partial charge in [0.2, 0.25) is 5.91 Å². The average Bonchev–Trinajstić information content (AvgIpc) is 2.88. The monoisotopic (exact) mass is 505 g/mol. The molecule has 4 aliphatic rings. The molecule has 0 aromatic carbocycles. The third kappa shape index (κ3) is 4.83. The van der Waals surface area contributed by atoms with Crippen molar-refractivity contribution in [1.82, 2.24) is 14.9 Å². The number of amides is 3. The molecule has 192 valence electrons. The molecule has 0 spiro atoms. The number of aldehydes is 1. The van der Waals surface area contributed by atoms with Crippen molar-refractivity contribution in [3.05, 3.63) is 40.7 Å². The lowest BCUT2D eigenvalue weighted by Gasteiger charge is -2.49. The number of urea groups is 1. The van der Waals surface area contributed by atoms with E-state index >= 15 is 0 Å². The number of anilines is 3. The highest BCUT2D eigenvalue weighted by Gasteiger charge is 2.46. The minimum atomic E-state index is -0.412. The second kappa shape index (κ2) is 10.5. The molecular weight excluding hydrogens is 478 g/mol. The summed E-state index contributed by atoms with van der Waals surface area (Å²) in [7, 11) is 1.59. The molecule has 1 saturated heterocycles. The smallest absolute Gasteiger partial charge is 0.328 e. The van der Waals surface area contributed by atoms with Crippen molar-refractivity contribution >= 4 is 35.5 Å². The normalized spacial score (nSPS) is 19.9. The van der Waals surface area contributed by atoms with Gasteiger partial charge >= 0.3 is 6.03 Å². The van der Waals surface area contributed by atoms with E-state index in [9.17, 15) is 19.6 Å². The van der Waals surface area contributed by atoms with Gasteiger partial charge in [0.1, 0.15) is 30.0 Å². The van der Waals surface area contributed by atoms with Gasteiger partial charge in [-0.25, -0.2) is 14.8 Å². The summed E-state index contributed by atoms with van der Waals surface area (Å²) in [6.07, 6.45) is 3.65. The molecule has 2 aromatic rings. The molecule has 2 fully saturated rings. The maximum absolute atomic E-state index is 13.4. The van der Waals surface area contributed by atoms with Gasteiger partial charge in [-0.2, -0.15) is 5.26 Å². The molecule has 1 saturated carbocycles. The van der Waals surface area contributed by atoms with Gasteiger partial charge in [-0.3, -0.25) is 19.8 Å². The Morgan fingerprint density at radius 2 is 2.22 bits per heavy atom. The van der Waals surface area contributed by atoms with Crippen LogP contribution in [-0.4, -0.2) is 79.2 Å². The number of nitrogens with zero attached hydrogens (tertiary/aromatic N) is 5. The van der Waals surface area contributed by atoms with Gasteiger partial charge in [-0.05, 0) is 30.4 Å². The fourth-order valence-corrected chi connectivity index (χ4v) is 4.93. The quantitative estimate of drug-likeness (QED) is 0.405. The van der Waals surface area contributed by atoms with E-state index in [-0.39, 0.29) is 42.5 Å². The fourth-order valence-electron chi connectivity index (χ4n) is 4.93. The predicted molar refractivity (Wildman–Crippen MR) is 132 cm³/mol. The highest BCUT2D eigenvalue weighted by molar-refractivity contribution is 6.03. The number of nitrogens with one attached hydrogen (secondary N) is 2. The molecule has 3 aliphatic heterocycles. The molecule has 5 heterocycles. The van der Waals surface area contributed by atoms with Crippen LogP contribution in [0.4, 0.5) is 22.1 Å². The minimum Gasteiger partial charge on any atom is -0.383 e. The van der Waals surface area contributed by atoms with E-state index in [4.69, 9.17) is 9.47 Å². The summed E-state index contributed by atoms with van der Waals surface area (Å²) >= 11 is 0. The fraction of sp³-hybridized carbons (Fsp3) is 0.440. The van der Waals surface area contributed by atoms with Crippen molar-refractivity contribution < 1.29 is 23.9 Å². The van der Waals surface area contributed by atoms with E-state index in [1.54, 1.807) is 23.0 Å². The van der Waals surface area contributed by atoms with Gasteiger partial charge in [0.05, 0.1) is 24.5 Å². The maximum atomic E-state index is 13.4. The van der Waals surface area contributed by atoms with Crippen molar-refractivity contribution in [1.29, 1.82) is 5.26 Å². The Hall–Kier alpha value is -4.08. The number of rotatable bonds is 8. The Kier molecular flexibility index (Phi) is 6.98. The van der Waals surface area contributed by atoms with Crippen LogP contribution in [0.3, 0.4) is 0 Å². The first kappa shape index (κ1) is 24.6. The van der Waals surface area contributed by atoms with Gasteiger partial charge in [-0.15, -0.1) is 0 Å². The van der Waals surface area contributed by atoms with Crippen LogP contribution in [0.25, 0.3) is 0 Å². The number of carbonyl (C=O) groups excluding carboxylic acids is 3. The summed E-state index contributed by atoms with van der Waals surface area (Å²) in [4.78, 5) is 49.6. The lowest BCUT2D eigenvalue weighted by molar-refractivity contribution is -0.143. The summed E-state index contributed by atoms with van der Waals surface area (Å²) in [6, 6.07) is 5.15. The summed E-state index contributed by atoms with van der Waals surface area (Å²) < 4.78 is 10.2. The average molecular weight is 506 g/mol. The molecule has 1 aliphatic carbocycles. The molecule has 3 amide bonds.